The Morgan fingerprint density at radius 1 is 1.29 bits per heavy atom. The lowest BCUT2D eigenvalue weighted by molar-refractivity contribution is -0.153. The molecule has 0 spiro atoms. The van der Waals surface area contributed by atoms with Crippen LogP contribution in [0.4, 0.5) is 13.2 Å². The third-order valence-corrected chi connectivity index (χ3v) is 4.11. The highest BCUT2D eigenvalue weighted by atomic mass is 31.2. The van der Waals surface area contributed by atoms with Crippen molar-refractivity contribution in [3.8, 4) is 5.75 Å². The van der Waals surface area contributed by atoms with Gasteiger partial charge in [0.15, 0.2) is 12.4 Å². The van der Waals surface area contributed by atoms with Crippen LogP contribution in [0.3, 0.4) is 0 Å². The average Bonchev–Trinajstić information content (AvgIpc) is 2.44. The second kappa shape index (κ2) is 7.02. The Balaban J connectivity index is 2.70. The predicted octanol–water partition coefficient (Wildman–Crippen LogP) is 2.69. The van der Waals surface area contributed by atoms with E-state index in [-0.39, 0.29) is 11.4 Å². The number of hydrogen-bond acceptors (Lipinski definition) is 6. The van der Waals surface area contributed by atoms with E-state index in [0.717, 1.165) is 26.5 Å². The lowest BCUT2D eigenvalue weighted by Crippen LogP contribution is -2.19. The van der Waals surface area contributed by atoms with Crippen LogP contribution >= 0.6 is 7.60 Å². The highest BCUT2D eigenvalue weighted by molar-refractivity contribution is 7.54. The molecule has 0 amide bonds. The SMILES string of the molecule is COP(=O)(CC(=O)c1ccc(OCC(F)(F)F)cn1)OC. The van der Waals surface area contributed by atoms with E-state index in [1.165, 1.54) is 6.07 Å². The highest BCUT2D eigenvalue weighted by Crippen LogP contribution is 2.46. The van der Waals surface area contributed by atoms with Crippen molar-refractivity contribution < 1.29 is 36.3 Å². The van der Waals surface area contributed by atoms with E-state index in [1.54, 1.807) is 0 Å². The first-order chi connectivity index (χ1) is 9.69. The van der Waals surface area contributed by atoms with Gasteiger partial charge in [0.25, 0.3) is 0 Å². The summed E-state index contributed by atoms with van der Waals surface area (Å²) < 4.78 is 61.3. The number of Topliss-reactive ketones (excluding diaryl/α,β-unsaturated/α-hetero) is 1. The molecule has 21 heavy (non-hydrogen) atoms. The molecule has 6 nitrogen and oxygen atoms in total. The zero-order valence-electron chi connectivity index (χ0n) is 11.2. The van der Waals surface area contributed by atoms with Crippen LogP contribution in [0.1, 0.15) is 10.5 Å². The number of nitrogens with zero attached hydrogens (tertiary/aromatic N) is 1. The van der Waals surface area contributed by atoms with Crippen molar-refractivity contribution in [1.82, 2.24) is 4.98 Å². The first-order valence-corrected chi connectivity index (χ1v) is 7.31. The standard InChI is InChI=1S/C11H13F3NO5P/c1-18-21(17,19-2)6-10(16)9-4-3-8(5-15-9)20-7-11(12,13)14/h3-5H,6-7H2,1-2H3. The van der Waals surface area contributed by atoms with Crippen molar-refractivity contribution in [2.75, 3.05) is 27.0 Å². The number of aromatic nitrogens is 1. The summed E-state index contributed by atoms with van der Waals surface area (Å²) in [6.07, 6.45) is -4.00. The summed E-state index contributed by atoms with van der Waals surface area (Å²) >= 11 is 0. The molecule has 0 N–H and O–H groups in total. The zero-order valence-corrected chi connectivity index (χ0v) is 12.1. The molecule has 0 unspecified atom stereocenters. The van der Waals surface area contributed by atoms with Gasteiger partial charge in [-0.05, 0) is 12.1 Å². The topological polar surface area (TPSA) is 74.7 Å². The summed E-state index contributed by atoms with van der Waals surface area (Å²) in [6, 6.07) is 2.33. The Hall–Kier alpha value is -1.44. The summed E-state index contributed by atoms with van der Waals surface area (Å²) in [6.45, 7) is -1.45. The van der Waals surface area contributed by atoms with Crippen LogP contribution in [0.2, 0.25) is 0 Å². The van der Waals surface area contributed by atoms with Crippen LogP contribution in [-0.4, -0.2) is 43.9 Å². The molecule has 0 aliphatic carbocycles. The molecule has 0 aliphatic heterocycles. The number of carbonyl (C=O) groups excluding carboxylic acids is 1. The van der Waals surface area contributed by atoms with E-state index in [1.807, 2.05) is 0 Å². The van der Waals surface area contributed by atoms with Crippen LogP contribution in [-0.2, 0) is 13.6 Å². The van der Waals surface area contributed by atoms with E-state index >= 15 is 0 Å². The number of ether oxygens (including phenoxy) is 1. The van der Waals surface area contributed by atoms with Crippen molar-refractivity contribution in [3.63, 3.8) is 0 Å². The molecular weight excluding hydrogens is 314 g/mol. The Labute approximate surface area is 118 Å². The van der Waals surface area contributed by atoms with Gasteiger partial charge in [0.2, 0.25) is 0 Å². The number of rotatable bonds is 7. The van der Waals surface area contributed by atoms with Gasteiger partial charge in [0.05, 0.1) is 6.20 Å². The van der Waals surface area contributed by atoms with Gasteiger partial charge < -0.3 is 13.8 Å². The number of carbonyl (C=O) groups is 1. The Kier molecular flexibility index (Phi) is 5.88. The van der Waals surface area contributed by atoms with Gasteiger partial charge in [-0.15, -0.1) is 0 Å². The fraction of sp³-hybridized carbons (Fsp3) is 0.455. The smallest absolute Gasteiger partial charge is 0.422 e. The van der Waals surface area contributed by atoms with E-state index < -0.39 is 32.3 Å². The van der Waals surface area contributed by atoms with Gasteiger partial charge in [0, 0.05) is 14.2 Å². The van der Waals surface area contributed by atoms with Crippen LogP contribution in [0.5, 0.6) is 5.75 Å². The monoisotopic (exact) mass is 327 g/mol. The van der Waals surface area contributed by atoms with Crippen LogP contribution in [0.15, 0.2) is 18.3 Å². The molecule has 1 heterocycles. The minimum absolute atomic E-state index is 0.0799. The summed E-state index contributed by atoms with van der Waals surface area (Å²) in [5.74, 6) is -0.755. The highest BCUT2D eigenvalue weighted by Gasteiger charge is 2.29. The molecule has 0 saturated heterocycles. The number of ketones is 1. The molecule has 1 aromatic heterocycles. The summed E-state index contributed by atoms with van der Waals surface area (Å²) in [5, 5.41) is 0. The molecule has 0 aliphatic rings. The fourth-order valence-corrected chi connectivity index (χ4v) is 2.18. The van der Waals surface area contributed by atoms with E-state index in [4.69, 9.17) is 0 Å². The first kappa shape index (κ1) is 17.6. The van der Waals surface area contributed by atoms with Gasteiger partial charge >= 0.3 is 13.8 Å². The van der Waals surface area contributed by atoms with Gasteiger partial charge in [-0.1, -0.05) is 0 Å². The molecule has 118 valence electrons. The second-order valence-electron chi connectivity index (χ2n) is 3.84. The fourth-order valence-electron chi connectivity index (χ4n) is 1.26. The van der Waals surface area contributed by atoms with Gasteiger partial charge in [-0.3, -0.25) is 9.36 Å². The number of halogens is 3. The van der Waals surface area contributed by atoms with Crippen LogP contribution in [0, 0.1) is 0 Å². The molecule has 0 atom stereocenters. The van der Waals surface area contributed by atoms with Crippen LogP contribution < -0.4 is 4.74 Å². The normalized spacial score (nSPS) is 12.2. The average molecular weight is 327 g/mol. The third-order valence-electron chi connectivity index (χ3n) is 2.32. The Morgan fingerprint density at radius 3 is 2.33 bits per heavy atom. The zero-order chi connectivity index (χ0) is 16.1. The maximum absolute atomic E-state index is 12.0. The molecule has 1 aromatic rings. The van der Waals surface area contributed by atoms with Crippen molar-refractivity contribution >= 4 is 13.4 Å². The molecule has 0 fully saturated rings. The Bertz CT molecular complexity index is 524. The third kappa shape index (κ3) is 5.82. The lowest BCUT2D eigenvalue weighted by atomic mass is 10.3. The Morgan fingerprint density at radius 2 is 1.90 bits per heavy atom. The first-order valence-electron chi connectivity index (χ1n) is 5.58. The summed E-state index contributed by atoms with van der Waals surface area (Å²) in [7, 11) is -1.24. The molecular formula is C11H13F3NO5P. The summed E-state index contributed by atoms with van der Waals surface area (Å²) in [4.78, 5) is 15.4. The van der Waals surface area contributed by atoms with E-state index in [2.05, 4.69) is 18.8 Å². The minimum atomic E-state index is -4.46. The summed E-state index contributed by atoms with van der Waals surface area (Å²) in [5.41, 5.74) is -0.0799. The minimum Gasteiger partial charge on any atom is -0.483 e. The molecule has 0 radical (unpaired) electrons. The second-order valence-corrected chi connectivity index (χ2v) is 6.11. The van der Waals surface area contributed by atoms with Gasteiger partial charge in [0.1, 0.15) is 17.6 Å². The molecule has 0 aromatic carbocycles. The van der Waals surface area contributed by atoms with Crippen molar-refractivity contribution in [3.05, 3.63) is 24.0 Å². The van der Waals surface area contributed by atoms with Crippen molar-refractivity contribution in [1.29, 1.82) is 0 Å². The predicted molar refractivity (Wildman–Crippen MR) is 66.6 cm³/mol. The maximum atomic E-state index is 12.0. The molecule has 10 heteroatoms. The van der Waals surface area contributed by atoms with E-state index in [0.29, 0.717) is 0 Å². The number of pyridine rings is 1. The number of hydrogen-bond donors (Lipinski definition) is 0. The molecule has 0 saturated carbocycles. The van der Waals surface area contributed by atoms with E-state index in [9.17, 15) is 22.5 Å². The molecule has 0 bridgehead atoms. The maximum Gasteiger partial charge on any atom is 0.422 e. The molecule has 1 rings (SSSR count). The largest absolute Gasteiger partial charge is 0.483 e. The van der Waals surface area contributed by atoms with Crippen LogP contribution in [0.25, 0.3) is 0 Å². The van der Waals surface area contributed by atoms with Gasteiger partial charge in [-0.25, -0.2) is 4.98 Å². The van der Waals surface area contributed by atoms with Crippen molar-refractivity contribution in [2.45, 2.75) is 6.18 Å². The lowest BCUT2D eigenvalue weighted by Gasteiger charge is -2.12. The van der Waals surface area contributed by atoms with Gasteiger partial charge in [-0.2, -0.15) is 13.2 Å². The number of alkyl halides is 3. The quantitative estimate of drug-likeness (QED) is 0.566. The van der Waals surface area contributed by atoms with Crippen molar-refractivity contribution in [2.24, 2.45) is 0 Å².